The Hall–Kier alpha value is -1.95. The first kappa shape index (κ1) is 14.5. The molecule has 0 amide bonds. The van der Waals surface area contributed by atoms with E-state index in [1.807, 2.05) is 0 Å². The number of carbonyl (C=O) groups excluding carboxylic acids is 1. The van der Waals surface area contributed by atoms with Crippen molar-refractivity contribution in [3.05, 3.63) is 33.9 Å². The van der Waals surface area contributed by atoms with Crippen LogP contribution in [-0.2, 0) is 0 Å². The molecule has 1 aromatic rings. The van der Waals surface area contributed by atoms with E-state index in [9.17, 15) is 20.0 Å². The fraction of sp³-hybridized carbons (Fsp3) is 0.500. The molecule has 6 nitrogen and oxygen atoms in total. The van der Waals surface area contributed by atoms with E-state index in [0.29, 0.717) is 17.7 Å². The number of ketones is 1. The summed E-state index contributed by atoms with van der Waals surface area (Å²) in [6, 6.07) is 4.20. The van der Waals surface area contributed by atoms with Crippen molar-refractivity contribution in [2.75, 3.05) is 5.32 Å². The Bertz CT molecular complexity index is 530. The minimum atomic E-state index is -0.510. The van der Waals surface area contributed by atoms with E-state index >= 15 is 0 Å². The van der Waals surface area contributed by atoms with Gasteiger partial charge in [-0.2, -0.15) is 0 Å². The fourth-order valence-electron chi connectivity index (χ4n) is 2.50. The number of benzene rings is 1. The first-order chi connectivity index (χ1) is 9.49. The molecule has 2 rings (SSSR count). The van der Waals surface area contributed by atoms with Gasteiger partial charge >= 0.3 is 0 Å². The molecule has 1 aliphatic carbocycles. The predicted octanol–water partition coefficient (Wildman–Crippen LogP) is 2.51. The van der Waals surface area contributed by atoms with Crippen molar-refractivity contribution in [1.29, 1.82) is 0 Å². The summed E-state index contributed by atoms with van der Waals surface area (Å²) in [4.78, 5) is 21.9. The monoisotopic (exact) mass is 278 g/mol. The van der Waals surface area contributed by atoms with E-state index in [4.69, 9.17) is 0 Å². The fourth-order valence-corrected chi connectivity index (χ4v) is 2.50. The number of nitrogens with zero attached hydrogens (tertiary/aromatic N) is 1. The zero-order valence-electron chi connectivity index (χ0n) is 11.3. The van der Waals surface area contributed by atoms with Crippen molar-refractivity contribution in [3.63, 3.8) is 0 Å². The van der Waals surface area contributed by atoms with Gasteiger partial charge < -0.3 is 10.4 Å². The van der Waals surface area contributed by atoms with Gasteiger partial charge in [0.15, 0.2) is 5.78 Å². The minimum absolute atomic E-state index is 0.129. The van der Waals surface area contributed by atoms with E-state index < -0.39 is 11.0 Å². The summed E-state index contributed by atoms with van der Waals surface area (Å²) < 4.78 is 0. The maximum Gasteiger partial charge on any atom is 0.293 e. The van der Waals surface area contributed by atoms with Crippen LogP contribution in [0.3, 0.4) is 0 Å². The van der Waals surface area contributed by atoms with Crippen molar-refractivity contribution in [3.8, 4) is 0 Å². The molecule has 0 saturated heterocycles. The number of aliphatic hydroxyl groups excluding tert-OH is 1. The van der Waals surface area contributed by atoms with Crippen molar-refractivity contribution in [2.45, 2.75) is 44.8 Å². The van der Waals surface area contributed by atoms with Crippen LogP contribution in [0, 0.1) is 10.1 Å². The first-order valence-electron chi connectivity index (χ1n) is 6.73. The Balaban J connectivity index is 2.26. The quantitative estimate of drug-likeness (QED) is 0.501. The molecule has 0 unspecified atom stereocenters. The van der Waals surface area contributed by atoms with Crippen molar-refractivity contribution in [1.82, 2.24) is 0 Å². The van der Waals surface area contributed by atoms with Crippen molar-refractivity contribution in [2.24, 2.45) is 0 Å². The van der Waals surface area contributed by atoms with Gasteiger partial charge in [-0.05, 0) is 31.9 Å². The lowest BCUT2D eigenvalue weighted by Gasteiger charge is -2.29. The molecule has 0 heterocycles. The van der Waals surface area contributed by atoms with Crippen LogP contribution in [0.1, 0.15) is 43.0 Å². The molecule has 1 fully saturated rings. The molecule has 1 saturated carbocycles. The van der Waals surface area contributed by atoms with Gasteiger partial charge in [0.25, 0.3) is 5.69 Å². The first-order valence-corrected chi connectivity index (χ1v) is 6.73. The summed E-state index contributed by atoms with van der Waals surface area (Å²) in [5.74, 6) is -0.211. The number of aliphatic hydroxyl groups is 1. The Morgan fingerprint density at radius 3 is 2.70 bits per heavy atom. The average molecular weight is 278 g/mol. The highest BCUT2D eigenvalue weighted by atomic mass is 16.6. The van der Waals surface area contributed by atoms with Crippen LogP contribution >= 0.6 is 0 Å². The van der Waals surface area contributed by atoms with Gasteiger partial charge in [0.05, 0.1) is 17.1 Å². The van der Waals surface area contributed by atoms with Crippen LogP contribution in [0.25, 0.3) is 0 Å². The molecule has 0 radical (unpaired) electrons. The van der Waals surface area contributed by atoms with Crippen LogP contribution in [-0.4, -0.2) is 28.0 Å². The van der Waals surface area contributed by atoms with Gasteiger partial charge in [0.2, 0.25) is 0 Å². The highest BCUT2D eigenvalue weighted by molar-refractivity contribution is 5.95. The summed E-state index contributed by atoms with van der Waals surface area (Å²) in [7, 11) is 0. The Labute approximate surface area is 117 Å². The third kappa shape index (κ3) is 3.14. The van der Waals surface area contributed by atoms with Crippen molar-refractivity contribution < 1.29 is 14.8 Å². The molecular formula is C14H18N2O4. The highest BCUT2D eigenvalue weighted by Crippen LogP contribution is 2.29. The second kappa shape index (κ2) is 6.00. The molecule has 1 aromatic carbocycles. The lowest BCUT2D eigenvalue weighted by molar-refractivity contribution is -0.384. The van der Waals surface area contributed by atoms with Gasteiger partial charge in [0, 0.05) is 11.6 Å². The lowest BCUT2D eigenvalue weighted by Crippen LogP contribution is -2.36. The second-order valence-electron chi connectivity index (χ2n) is 5.15. The second-order valence-corrected chi connectivity index (χ2v) is 5.15. The Kier molecular flexibility index (Phi) is 4.34. The van der Waals surface area contributed by atoms with E-state index in [-0.39, 0.29) is 17.5 Å². The van der Waals surface area contributed by atoms with Gasteiger partial charge in [-0.1, -0.05) is 12.8 Å². The number of hydrogen-bond acceptors (Lipinski definition) is 5. The zero-order chi connectivity index (χ0) is 14.7. The standard InChI is InChI=1S/C14H18N2O4/c1-9(17)10-6-7-11(13(8-10)16(19)20)15-12-4-2-3-5-14(12)18/h6-8,12,14-15,18H,2-5H2,1H3/t12-,14+/m0/s1. The van der Waals surface area contributed by atoms with Gasteiger partial charge in [-0.15, -0.1) is 0 Å². The molecule has 0 bridgehead atoms. The molecular weight excluding hydrogens is 260 g/mol. The van der Waals surface area contributed by atoms with Gasteiger partial charge in [-0.3, -0.25) is 14.9 Å². The number of nitro benzene ring substituents is 1. The molecule has 20 heavy (non-hydrogen) atoms. The molecule has 0 aliphatic heterocycles. The summed E-state index contributed by atoms with van der Waals surface area (Å²) >= 11 is 0. The zero-order valence-corrected chi connectivity index (χ0v) is 11.3. The predicted molar refractivity (Wildman–Crippen MR) is 75.0 cm³/mol. The molecule has 0 aromatic heterocycles. The van der Waals surface area contributed by atoms with E-state index in [1.165, 1.54) is 19.1 Å². The Morgan fingerprint density at radius 2 is 2.10 bits per heavy atom. The van der Waals surface area contributed by atoms with E-state index in [0.717, 1.165) is 19.3 Å². The number of Topliss-reactive ketones (excluding diaryl/α,β-unsaturated/α-hetero) is 1. The molecule has 0 spiro atoms. The number of nitro groups is 1. The number of carbonyl (C=O) groups is 1. The average Bonchev–Trinajstić information content (AvgIpc) is 2.41. The third-order valence-electron chi connectivity index (χ3n) is 3.67. The summed E-state index contributed by atoms with van der Waals surface area (Å²) in [5, 5.41) is 24.1. The van der Waals surface area contributed by atoms with Gasteiger partial charge in [-0.25, -0.2) is 0 Å². The number of hydrogen-bond donors (Lipinski definition) is 2. The van der Waals surface area contributed by atoms with Crippen LogP contribution in [0.5, 0.6) is 0 Å². The molecule has 2 N–H and O–H groups in total. The minimum Gasteiger partial charge on any atom is -0.391 e. The lowest BCUT2D eigenvalue weighted by atomic mass is 9.92. The van der Waals surface area contributed by atoms with Gasteiger partial charge in [0.1, 0.15) is 5.69 Å². The third-order valence-corrected chi connectivity index (χ3v) is 3.67. The molecule has 2 atom stereocenters. The topological polar surface area (TPSA) is 92.5 Å². The Morgan fingerprint density at radius 1 is 1.40 bits per heavy atom. The molecule has 108 valence electrons. The van der Waals surface area contributed by atoms with Crippen molar-refractivity contribution >= 4 is 17.2 Å². The molecule has 6 heteroatoms. The van der Waals surface area contributed by atoms with E-state index in [1.54, 1.807) is 6.07 Å². The summed E-state index contributed by atoms with van der Waals surface area (Å²) in [6.45, 7) is 1.37. The normalized spacial score (nSPS) is 22.3. The van der Waals surface area contributed by atoms with Crippen LogP contribution in [0.15, 0.2) is 18.2 Å². The SMILES string of the molecule is CC(=O)c1ccc(N[C@H]2CCCC[C@H]2O)c([N+](=O)[O-])c1. The van der Waals surface area contributed by atoms with E-state index in [2.05, 4.69) is 5.32 Å². The largest absolute Gasteiger partial charge is 0.391 e. The highest BCUT2D eigenvalue weighted by Gasteiger charge is 2.25. The number of nitrogens with one attached hydrogen (secondary N) is 1. The molecule has 1 aliphatic rings. The van der Waals surface area contributed by atoms with Crippen LogP contribution < -0.4 is 5.32 Å². The summed E-state index contributed by atoms with van der Waals surface area (Å²) in [6.07, 6.45) is 2.97. The summed E-state index contributed by atoms with van der Waals surface area (Å²) in [5.41, 5.74) is 0.535. The van der Waals surface area contributed by atoms with Crippen LogP contribution in [0.4, 0.5) is 11.4 Å². The van der Waals surface area contributed by atoms with Crippen LogP contribution in [0.2, 0.25) is 0 Å². The number of rotatable bonds is 4. The maximum atomic E-state index is 11.3. The maximum absolute atomic E-state index is 11.3. The smallest absolute Gasteiger partial charge is 0.293 e. The number of anilines is 1.